The third kappa shape index (κ3) is 3.98. The lowest BCUT2D eigenvalue weighted by Crippen LogP contribution is -2.40. The summed E-state index contributed by atoms with van der Waals surface area (Å²) in [6.07, 6.45) is 1.07. The van der Waals surface area contributed by atoms with Crippen molar-refractivity contribution < 1.29 is 5.11 Å². The van der Waals surface area contributed by atoms with Crippen LogP contribution in [0.15, 0.2) is 33.9 Å². The zero-order chi connectivity index (χ0) is 24.7. The normalized spacial score (nSPS) is 16.0. The number of aliphatic hydroxyl groups excluding tert-OH is 1. The quantitative estimate of drug-likeness (QED) is 0.443. The van der Waals surface area contributed by atoms with E-state index in [1.807, 2.05) is 36.1 Å². The van der Waals surface area contributed by atoms with Gasteiger partial charge in [0.1, 0.15) is 5.82 Å². The number of anilines is 1. The number of aromatic nitrogens is 6. The molecule has 35 heavy (non-hydrogen) atoms. The summed E-state index contributed by atoms with van der Waals surface area (Å²) in [6.45, 7) is 4.91. The highest BCUT2D eigenvalue weighted by atomic mass is 16.3. The lowest BCUT2D eigenvalue weighted by Gasteiger charge is -2.31. The van der Waals surface area contributed by atoms with Gasteiger partial charge in [0, 0.05) is 31.2 Å². The van der Waals surface area contributed by atoms with Gasteiger partial charge in [0.2, 0.25) is 5.95 Å². The average Bonchev–Trinajstić information content (AvgIpc) is 3.24. The topological polar surface area (TPSA) is 111 Å². The first-order valence-electron chi connectivity index (χ1n) is 11.6. The Morgan fingerprint density at radius 1 is 1.14 bits per heavy atom. The van der Waals surface area contributed by atoms with Gasteiger partial charge < -0.3 is 10.0 Å². The average molecular weight is 474 g/mol. The minimum absolute atomic E-state index is 0.0600. The summed E-state index contributed by atoms with van der Waals surface area (Å²) in [5.74, 6) is 6.80. The van der Waals surface area contributed by atoms with Crippen molar-refractivity contribution in [3.05, 3.63) is 56.6 Å². The number of aryl methyl sites for hydroxylation is 2. The maximum Gasteiger partial charge on any atom is 0.332 e. The molecule has 0 amide bonds. The van der Waals surface area contributed by atoms with Gasteiger partial charge in [-0.25, -0.2) is 14.8 Å². The van der Waals surface area contributed by atoms with Crippen molar-refractivity contribution in [1.82, 2.24) is 28.7 Å². The van der Waals surface area contributed by atoms with E-state index in [0.29, 0.717) is 36.0 Å². The van der Waals surface area contributed by atoms with Crippen molar-refractivity contribution in [3.8, 4) is 11.8 Å². The van der Waals surface area contributed by atoms with Gasteiger partial charge in [0.25, 0.3) is 5.56 Å². The number of hydrogen-bond acceptors (Lipinski definition) is 7. The van der Waals surface area contributed by atoms with E-state index < -0.39 is 17.4 Å². The summed E-state index contributed by atoms with van der Waals surface area (Å²) in [7, 11) is 1.60. The standard InChI is InChI=1S/C25H27N7O3/c1-4-5-13-31-21-22(28-24(31)30-12-8-9-17(33)14-30)29(3)25(35)32(23(21)34)15-20-26-16(2)18-10-6-7-11-19(18)27-20/h6-7,10-11,17,33H,8-9,12-15H2,1-3H3/t17-/m1/s1. The van der Waals surface area contributed by atoms with E-state index in [4.69, 9.17) is 0 Å². The molecule has 10 heteroatoms. The number of para-hydroxylation sites is 1. The highest BCUT2D eigenvalue weighted by molar-refractivity contribution is 5.80. The second-order valence-electron chi connectivity index (χ2n) is 8.81. The molecular weight excluding hydrogens is 446 g/mol. The molecular formula is C25H27N7O3. The van der Waals surface area contributed by atoms with Crippen LogP contribution in [0.25, 0.3) is 22.1 Å². The van der Waals surface area contributed by atoms with Crippen LogP contribution in [0.1, 0.15) is 31.3 Å². The third-order valence-corrected chi connectivity index (χ3v) is 6.45. The molecule has 1 atom stereocenters. The number of piperidine rings is 1. The largest absolute Gasteiger partial charge is 0.391 e. The molecule has 1 saturated heterocycles. The number of aliphatic hydroxyl groups is 1. The predicted octanol–water partition coefficient (Wildman–Crippen LogP) is 1.18. The highest BCUT2D eigenvalue weighted by Gasteiger charge is 2.26. The molecule has 0 spiro atoms. The van der Waals surface area contributed by atoms with Crippen molar-refractivity contribution in [3.63, 3.8) is 0 Å². The fourth-order valence-corrected chi connectivity index (χ4v) is 4.69. The number of fused-ring (bicyclic) bond motifs is 2. The van der Waals surface area contributed by atoms with Crippen molar-refractivity contribution in [2.75, 3.05) is 18.0 Å². The third-order valence-electron chi connectivity index (χ3n) is 6.45. The minimum Gasteiger partial charge on any atom is -0.391 e. The van der Waals surface area contributed by atoms with E-state index in [-0.39, 0.29) is 13.1 Å². The first kappa shape index (κ1) is 22.8. The van der Waals surface area contributed by atoms with Gasteiger partial charge in [-0.2, -0.15) is 4.98 Å². The predicted molar refractivity (Wildman–Crippen MR) is 134 cm³/mol. The van der Waals surface area contributed by atoms with Crippen molar-refractivity contribution in [2.45, 2.75) is 45.9 Å². The molecule has 1 aliphatic rings. The molecule has 0 aliphatic carbocycles. The van der Waals surface area contributed by atoms with Crippen LogP contribution in [0.3, 0.4) is 0 Å². The van der Waals surface area contributed by atoms with Crippen LogP contribution in [0.4, 0.5) is 5.95 Å². The highest BCUT2D eigenvalue weighted by Crippen LogP contribution is 2.23. The van der Waals surface area contributed by atoms with Gasteiger partial charge in [0.05, 0.1) is 24.7 Å². The molecule has 0 radical (unpaired) electrons. The summed E-state index contributed by atoms with van der Waals surface area (Å²) in [4.78, 5) is 42.7. The Morgan fingerprint density at radius 2 is 1.94 bits per heavy atom. The summed E-state index contributed by atoms with van der Waals surface area (Å²) in [6, 6.07) is 7.64. The molecule has 1 fully saturated rings. The Morgan fingerprint density at radius 3 is 2.71 bits per heavy atom. The maximum atomic E-state index is 13.7. The molecule has 0 unspecified atom stereocenters. The van der Waals surface area contributed by atoms with Crippen molar-refractivity contribution in [1.29, 1.82) is 0 Å². The maximum absolute atomic E-state index is 13.7. The van der Waals surface area contributed by atoms with Gasteiger partial charge >= 0.3 is 5.69 Å². The number of hydrogen-bond donors (Lipinski definition) is 1. The van der Waals surface area contributed by atoms with Crippen LogP contribution in [-0.2, 0) is 20.1 Å². The van der Waals surface area contributed by atoms with Crippen LogP contribution in [0.2, 0.25) is 0 Å². The minimum atomic E-state index is -0.492. The second kappa shape index (κ2) is 9.00. The zero-order valence-electron chi connectivity index (χ0n) is 20.0. The first-order valence-corrected chi connectivity index (χ1v) is 11.6. The number of rotatable bonds is 4. The molecule has 0 saturated carbocycles. The fraction of sp³-hybridized carbons (Fsp3) is 0.400. The molecule has 4 aromatic rings. The molecule has 3 aromatic heterocycles. The fourth-order valence-electron chi connectivity index (χ4n) is 4.69. The molecule has 180 valence electrons. The monoisotopic (exact) mass is 473 g/mol. The van der Waals surface area contributed by atoms with Gasteiger partial charge in [-0.3, -0.25) is 18.5 Å². The van der Waals surface area contributed by atoms with E-state index in [1.165, 1.54) is 4.57 Å². The molecule has 4 heterocycles. The van der Waals surface area contributed by atoms with E-state index in [0.717, 1.165) is 34.0 Å². The SMILES string of the molecule is CC#CCn1c(N2CCC[C@@H](O)C2)nc2c1c(=O)n(Cc1nc(C)c3ccccc3n1)c(=O)n2C. The van der Waals surface area contributed by atoms with Crippen LogP contribution in [0, 0.1) is 18.8 Å². The van der Waals surface area contributed by atoms with Gasteiger partial charge in [-0.15, -0.1) is 5.92 Å². The summed E-state index contributed by atoms with van der Waals surface area (Å²) >= 11 is 0. The van der Waals surface area contributed by atoms with Crippen molar-refractivity contribution in [2.24, 2.45) is 7.05 Å². The molecule has 1 aromatic carbocycles. The number of benzene rings is 1. The Kier molecular flexibility index (Phi) is 5.86. The van der Waals surface area contributed by atoms with E-state index in [2.05, 4.69) is 26.8 Å². The van der Waals surface area contributed by atoms with Crippen LogP contribution < -0.4 is 16.1 Å². The Bertz CT molecular complexity index is 1620. The van der Waals surface area contributed by atoms with Crippen LogP contribution >= 0.6 is 0 Å². The summed E-state index contributed by atoms with van der Waals surface area (Å²) in [5, 5.41) is 11.1. The van der Waals surface area contributed by atoms with E-state index in [9.17, 15) is 14.7 Å². The second-order valence-corrected chi connectivity index (χ2v) is 8.81. The van der Waals surface area contributed by atoms with Gasteiger partial charge in [0.15, 0.2) is 11.2 Å². The lowest BCUT2D eigenvalue weighted by atomic mass is 10.1. The molecule has 10 nitrogen and oxygen atoms in total. The van der Waals surface area contributed by atoms with E-state index >= 15 is 0 Å². The molecule has 0 bridgehead atoms. The Balaban J connectivity index is 1.69. The van der Waals surface area contributed by atoms with E-state index in [1.54, 1.807) is 18.5 Å². The van der Waals surface area contributed by atoms with Crippen molar-refractivity contribution >= 4 is 28.0 Å². The van der Waals surface area contributed by atoms with Crippen LogP contribution in [-0.4, -0.2) is 53.0 Å². The molecule has 5 rings (SSSR count). The molecule has 1 aliphatic heterocycles. The summed E-state index contributed by atoms with van der Waals surface area (Å²) in [5.41, 5.74) is 1.17. The number of nitrogens with zero attached hydrogens (tertiary/aromatic N) is 7. The number of β-amino-alcohol motifs (C(OH)–C–C–N with tert-alkyl or cyclic N) is 1. The Labute approximate surface area is 201 Å². The number of imidazole rings is 1. The zero-order valence-corrected chi connectivity index (χ0v) is 20.0. The first-order chi connectivity index (χ1) is 16.9. The van der Waals surface area contributed by atoms with Gasteiger partial charge in [-0.05, 0) is 32.8 Å². The van der Waals surface area contributed by atoms with Gasteiger partial charge in [-0.1, -0.05) is 24.1 Å². The lowest BCUT2D eigenvalue weighted by molar-refractivity contribution is 0.153. The smallest absolute Gasteiger partial charge is 0.332 e. The molecule has 1 N–H and O–H groups in total. The Hall–Kier alpha value is -3.97. The van der Waals surface area contributed by atoms with Crippen LogP contribution in [0.5, 0.6) is 0 Å². The summed E-state index contributed by atoms with van der Waals surface area (Å²) < 4.78 is 4.28.